The van der Waals surface area contributed by atoms with Gasteiger partial charge in [0.2, 0.25) is 0 Å². The summed E-state index contributed by atoms with van der Waals surface area (Å²) in [6, 6.07) is 10.0. The van der Waals surface area contributed by atoms with Crippen LogP contribution < -0.4 is 5.32 Å². The highest BCUT2D eigenvalue weighted by atomic mass is 32.1. The number of aromatic nitrogens is 2. The fourth-order valence-electron chi connectivity index (χ4n) is 1.96. The van der Waals surface area contributed by atoms with Crippen molar-refractivity contribution in [2.24, 2.45) is 0 Å². The van der Waals surface area contributed by atoms with E-state index in [1.807, 2.05) is 42.6 Å². The van der Waals surface area contributed by atoms with Crippen molar-refractivity contribution < 1.29 is 4.79 Å². The van der Waals surface area contributed by atoms with Crippen LogP contribution in [0.4, 0.5) is 0 Å². The molecule has 0 bridgehead atoms. The summed E-state index contributed by atoms with van der Waals surface area (Å²) in [6.07, 6.45) is 2.49. The molecule has 0 spiro atoms. The topological polar surface area (TPSA) is 54.9 Å². The molecule has 0 fully saturated rings. The summed E-state index contributed by atoms with van der Waals surface area (Å²) >= 11 is 2.99. The number of benzene rings is 1. The van der Waals surface area contributed by atoms with E-state index in [-0.39, 0.29) is 5.91 Å². The van der Waals surface area contributed by atoms with Crippen molar-refractivity contribution in [2.45, 2.75) is 19.9 Å². The van der Waals surface area contributed by atoms with Crippen molar-refractivity contribution >= 4 is 28.6 Å². The molecular formula is C16H15N3OS2. The predicted molar refractivity (Wildman–Crippen MR) is 90.2 cm³/mol. The van der Waals surface area contributed by atoms with E-state index in [0.29, 0.717) is 11.4 Å². The van der Waals surface area contributed by atoms with E-state index in [9.17, 15) is 4.79 Å². The maximum Gasteiger partial charge on any atom is 0.263 e. The second-order valence-corrected chi connectivity index (χ2v) is 6.70. The first-order valence-electron chi connectivity index (χ1n) is 6.99. The molecule has 0 atom stereocenters. The van der Waals surface area contributed by atoms with Crippen LogP contribution in [-0.2, 0) is 13.0 Å². The second-order valence-electron chi connectivity index (χ2n) is 4.65. The summed E-state index contributed by atoms with van der Waals surface area (Å²) in [7, 11) is 0. The molecule has 1 N–H and O–H groups in total. The van der Waals surface area contributed by atoms with Gasteiger partial charge in [-0.2, -0.15) is 0 Å². The summed E-state index contributed by atoms with van der Waals surface area (Å²) in [5.41, 5.74) is 2.03. The molecule has 0 aliphatic heterocycles. The SMILES string of the molecule is CCc1ncc(C(=O)NCc2nc(-c3ccccc3)cs2)s1. The number of rotatable bonds is 5. The molecule has 112 valence electrons. The molecule has 0 aliphatic rings. The van der Waals surface area contributed by atoms with Gasteiger partial charge in [-0.3, -0.25) is 4.79 Å². The van der Waals surface area contributed by atoms with Crippen molar-refractivity contribution in [3.8, 4) is 11.3 Å². The summed E-state index contributed by atoms with van der Waals surface area (Å²) in [5.74, 6) is -0.0892. The Labute approximate surface area is 136 Å². The van der Waals surface area contributed by atoms with Crippen molar-refractivity contribution in [2.75, 3.05) is 0 Å². The molecule has 2 heterocycles. The molecule has 1 aromatic carbocycles. The highest BCUT2D eigenvalue weighted by molar-refractivity contribution is 7.13. The molecule has 0 unspecified atom stereocenters. The number of carbonyl (C=O) groups is 1. The lowest BCUT2D eigenvalue weighted by Gasteiger charge is -2.00. The minimum Gasteiger partial charge on any atom is -0.345 e. The Hall–Kier alpha value is -2.05. The monoisotopic (exact) mass is 329 g/mol. The van der Waals surface area contributed by atoms with Gasteiger partial charge >= 0.3 is 0 Å². The van der Waals surface area contributed by atoms with Crippen molar-refractivity contribution in [1.29, 1.82) is 0 Å². The zero-order valence-corrected chi connectivity index (χ0v) is 13.7. The van der Waals surface area contributed by atoms with Crippen LogP contribution in [0.3, 0.4) is 0 Å². The zero-order chi connectivity index (χ0) is 15.4. The molecular weight excluding hydrogens is 314 g/mol. The third-order valence-corrected chi connectivity index (χ3v) is 5.09. The van der Waals surface area contributed by atoms with Crippen molar-refractivity contribution in [1.82, 2.24) is 15.3 Å². The van der Waals surface area contributed by atoms with Crippen LogP contribution in [0, 0.1) is 0 Å². The van der Waals surface area contributed by atoms with Gasteiger partial charge in [0.05, 0.1) is 23.4 Å². The molecule has 0 radical (unpaired) electrons. The number of hydrogen-bond acceptors (Lipinski definition) is 5. The van der Waals surface area contributed by atoms with Crippen LogP contribution in [0.25, 0.3) is 11.3 Å². The van der Waals surface area contributed by atoms with Gasteiger partial charge < -0.3 is 5.32 Å². The predicted octanol–water partition coefficient (Wildman–Crippen LogP) is 3.76. The van der Waals surface area contributed by atoms with Gasteiger partial charge in [0.1, 0.15) is 9.88 Å². The van der Waals surface area contributed by atoms with Gasteiger partial charge in [-0.25, -0.2) is 9.97 Å². The largest absolute Gasteiger partial charge is 0.345 e. The number of carbonyl (C=O) groups excluding carboxylic acids is 1. The minimum absolute atomic E-state index is 0.0892. The normalized spacial score (nSPS) is 10.6. The van der Waals surface area contributed by atoms with E-state index < -0.39 is 0 Å². The Morgan fingerprint density at radius 1 is 1.23 bits per heavy atom. The molecule has 0 saturated carbocycles. The van der Waals surface area contributed by atoms with Gasteiger partial charge in [0.25, 0.3) is 5.91 Å². The number of nitrogens with one attached hydrogen (secondary N) is 1. The van der Waals surface area contributed by atoms with Crippen LogP contribution in [0.2, 0.25) is 0 Å². The van der Waals surface area contributed by atoms with Gasteiger partial charge in [-0.15, -0.1) is 22.7 Å². The number of hydrogen-bond donors (Lipinski definition) is 1. The van der Waals surface area contributed by atoms with E-state index in [4.69, 9.17) is 0 Å². The van der Waals surface area contributed by atoms with Gasteiger partial charge in [0.15, 0.2) is 0 Å². The van der Waals surface area contributed by atoms with Crippen molar-refractivity contribution in [3.05, 3.63) is 56.8 Å². The molecule has 0 saturated heterocycles. The number of thiazole rings is 2. The number of amides is 1. The average Bonchev–Trinajstić information content (AvgIpc) is 3.22. The Balaban J connectivity index is 1.62. The van der Waals surface area contributed by atoms with Crippen LogP contribution in [0.15, 0.2) is 41.9 Å². The lowest BCUT2D eigenvalue weighted by molar-refractivity contribution is 0.0954. The lowest BCUT2D eigenvalue weighted by atomic mass is 10.2. The average molecular weight is 329 g/mol. The first-order chi connectivity index (χ1) is 10.8. The third kappa shape index (κ3) is 3.40. The van der Waals surface area contributed by atoms with Crippen LogP contribution in [0.1, 0.15) is 26.6 Å². The zero-order valence-electron chi connectivity index (χ0n) is 12.1. The van der Waals surface area contributed by atoms with Gasteiger partial charge in [0, 0.05) is 10.9 Å². The van der Waals surface area contributed by atoms with E-state index in [2.05, 4.69) is 15.3 Å². The Kier molecular flexibility index (Phi) is 4.60. The Morgan fingerprint density at radius 3 is 2.77 bits per heavy atom. The fraction of sp³-hybridized carbons (Fsp3) is 0.188. The second kappa shape index (κ2) is 6.81. The van der Waals surface area contributed by atoms with Crippen LogP contribution in [0.5, 0.6) is 0 Å². The standard InChI is InChI=1S/C16H15N3OS2/c1-2-14-17-8-13(22-14)16(20)18-9-15-19-12(10-21-15)11-6-4-3-5-7-11/h3-8,10H,2,9H2,1H3,(H,18,20). The Morgan fingerprint density at radius 2 is 2.05 bits per heavy atom. The summed E-state index contributed by atoms with van der Waals surface area (Å²) in [5, 5.41) is 6.78. The van der Waals surface area contributed by atoms with Gasteiger partial charge in [-0.1, -0.05) is 37.3 Å². The van der Waals surface area contributed by atoms with E-state index in [1.54, 1.807) is 17.5 Å². The molecule has 0 aliphatic carbocycles. The molecule has 3 aromatic rings. The molecule has 3 rings (SSSR count). The third-order valence-electron chi connectivity index (χ3n) is 3.10. The molecule has 2 aromatic heterocycles. The van der Waals surface area contributed by atoms with Crippen LogP contribution in [-0.4, -0.2) is 15.9 Å². The lowest BCUT2D eigenvalue weighted by Crippen LogP contribution is -2.21. The van der Waals surface area contributed by atoms with Gasteiger partial charge in [-0.05, 0) is 6.42 Å². The van der Waals surface area contributed by atoms with Crippen molar-refractivity contribution in [3.63, 3.8) is 0 Å². The smallest absolute Gasteiger partial charge is 0.263 e. The minimum atomic E-state index is -0.0892. The first-order valence-corrected chi connectivity index (χ1v) is 8.68. The molecule has 4 nitrogen and oxygen atoms in total. The highest BCUT2D eigenvalue weighted by Gasteiger charge is 2.11. The highest BCUT2D eigenvalue weighted by Crippen LogP contribution is 2.21. The van der Waals surface area contributed by atoms with Crippen LogP contribution >= 0.6 is 22.7 Å². The maximum absolute atomic E-state index is 12.1. The summed E-state index contributed by atoms with van der Waals surface area (Å²) in [4.78, 5) is 21.5. The summed E-state index contributed by atoms with van der Waals surface area (Å²) < 4.78 is 0. The summed E-state index contributed by atoms with van der Waals surface area (Å²) in [6.45, 7) is 2.47. The van der Waals surface area contributed by atoms with E-state index in [0.717, 1.165) is 27.7 Å². The maximum atomic E-state index is 12.1. The Bertz CT molecular complexity index is 765. The number of aryl methyl sites for hydroxylation is 1. The number of nitrogens with zero attached hydrogens (tertiary/aromatic N) is 2. The molecule has 22 heavy (non-hydrogen) atoms. The van der Waals surface area contributed by atoms with E-state index in [1.165, 1.54) is 11.3 Å². The fourth-order valence-corrected chi connectivity index (χ4v) is 3.47. The first kappa shape index (κ1) is 14.9. The molecule has 1 amide bonds. The quantitative estimate of drug-likeness (QED) is 0.775. The molecule has 6 heteroatoms. The van der Waals surface area contributed by atoms with E-state index >= 15 is 0 Å².